The summed E-state index contributed by atoms with van der Waals surface area (Å²) in [5.41, 5.74) is 5.77. The molecule has 0 spiro atoms. The Morgan fingerprint density at radius 2 is 1.96 bits per heavy atom. The topological polar surface area (TPSA) is 118 Å². The van der Waals surface area contributed by atoms with Gasteiger partial charge >= 0.3 is 122 Å². The van der Waals surface area contributed by atoms with Gasteiger partial charge in [-0.2, -0.15) is 0 Å². The summed E-state index contributed by atoms with van der Waals surface area (Å²) in [4.78, 5) is 0. The van der Waals surface area contributed by atoms with Crippen LogP contribution < -0.4 is 11.1 Å². The summed E-state index contributed by atoms with van der Waals surface area (Å²) in [7, 11) is 3.02. The SMILES string of the molecule is CC.CNC(=BOC#N)N(C)S(=O)(=O)Cc1cc(N)ccc1F.COC. The van der Waals surface area contributed by atoms with Crippen molar-refractivity contribution in [1.29, 1.82) is 5.26 Å². The quantitative estimate of drug-likeness (QED) is 0.422. The molecule has 0 aliphatic heterocycles. The Morgan fingerprint density at radius 3 is 2.42 bits per heavy atom. The number of ether oxygens (including phenoxy) is 1. The van der Waals surface area contributed by atoms with Crippen molar-refractivity contribution >= 4 is 28.5 Å². The first-order chi connectivity index (χ1) is 12.2. The van der Waals surface area contributed by atoms with Crippen LogP contribution in [0.15, 0.2) is 18.2 Å². The van der Waals surface area contributed by atoms with Gasteiger partial charge in [-0.05, 0) is 0 Å². The molecular weight excluding hydrogens is 362 g/mol. The minimum absolute atomic E-state index is 0.0286. The number of benzene rings is 1. The number of halogens is 1. The molecule has 0 aromatic heterocycles. The van der Waals surface area contributed by atoms with Gasteiger partial charge < -0.3 is 4.74 Å². The third-order valence-corrected chi connectivity index (χ3v) is 4.35. The van der Waals surface area contributed by atoms with Gasteiger partial charge in [0.2, 0.25) is 0 Å². The molecule has 1 aromatic rings. The number of rotatable bonds is 6. The fraction of sp³-hybridized carbons (Fsp3) is 0.467. The summed E-state index contributed by atoms with van der Waals surface area (Å²) in [5, 5.41) is 10.9. The number of methoxy groups -OCH3 is 1. The summed E-state index contributed by atoms with van der Waals surface area (Å²) in [5.74, 6) is -1.24. The van der Waals surface area contributed by atoms with Crippen LogP contribution >= 0.6 is 0 Å². The second-order valence-corrected chi connectivity index (χ2v) is 6.45. The fourth-order valence-corrected chi connectivity index (χ4v) is 2.76. The van der Waals surface area contributed by atoms with Crippen LogP contribution in [0, 0.1) is 17.3 Å². The summed E-state index contributed by atoms with van der Waals surface area (Å²) >= 11 is 0. The molecule has 0 saturated carbocycles. The molecular formula is C15H26BFN4O4S. The van der Waals surface area contributed by atoms with E-state index in [1.54, 1.807) is 14.2 Å². The molecule has 1 aromatic carbocycles. The largest absolute Gasteiger partial charge is 0.388 e. The van der Waals surface area contributed by atoms with Crippen LogP contribution in [0.5, 0.6) is 0 Å². The Bertz CT molecular complexity index is 708. The Hall–Kier alpha value is -2.32. The second kappa shape index (κ2) is 13.9. The molecule has 0 bridgehead atoms. The van der Waals surface area contributed by atoms with Crippen LogP contribution in [0.2, 0.25) is 0 Å². The second-order valence-electron chi connectivity index (χ2n) is 4.45. The van der Waals surface area contributed by atoms with Gasteiger partial charge in [0.05, 0.1) is 0 Å². The van der Waals surface area contributed by atoms with Gasteiger partial charge in [-0.25, -0.2) is 0 Å². The molecule has 146 valence electrons. The predicted octanol–water partition coefficient (Wildman–Crippen LogP) is 0.882. The third-order valence-electron chi connectivity index (χ3n) is 2.64. The van der Waals surface area contributed by atoms with Crippen molar-refractivity contribution < 1.29 is 22.2 Å². The molecule has 0 saturated heterocycles. The molecule has 0 fully saturated rings. The molecule has 0 radical (unpaired) electrons. The summed E-state index contributed by atoms with van der Waals surface area (Å²) < 4.78 is 47.5. The van der Waals surface area contributed by atoms with Crippen LogP contribution in [0.4, 0.5) is 10.1 Å². The average molecular weight is 388 g/mol. The Morgan fingerprint density at radius 1 is 1.42 bits per heavy atom. The zero-order valence-electron chi connectivity index (χ0n) is 15.9. The number of hydrogen-bond acceptors (Lipinski definition) is 7. The van der Waals surface area contributed by atoms with E-state index in [-0.39, 0.29) is 17.0 Å². The van der Waals surface area contributed by atoms with E-state index in [0.29, 0.717) is 0 Å². The normalized spacial score (nSPS) is 10.0. The molecule has 3 N–H and O–H groups in total. The van der Waals surface area contributed by atoms with Crippen LogP contribution in [-0.2, 0) is 25.2 Å². The van der Waals surface area contributed by atoms with Crippen molar-refractivity contribution in [3.8, 4) is 6.26 Å². The molecule has 1 rings (SSSR count). The van der Waals surface area contributed by atoms with E-state index in [0.717, 1.165) is 17.5 Å². The first kappa shape index (κ1) is 25.9. The number of sulfonamides is 1. The molecule has 0 atom stereocenters. The van der Waals surface area contributed by atoms with Crippen LogP contribution in [0.25, 0.3) is 0 Å². The van der Waals surface area contributed by atoms with E-state index >= 15 is 0 Å². The van der Waals surface area contributed by atoms with Crippen LogP contribution in [-0.4, -0.2) is 53.9 Å². The van der Waals surface area contributed by atoms with Gasteiger partial charge in [0.15, 0.2) is 0 Å². The first-order valence-corrected chi connectivity index (χ1v) is 9.17. The Kier molecular flexibility index (Phi) is 13.9. The fourth-order valence-electron chi connectivity index (χ4n) is 1.52. The maximum absolute atomic E-state index is 13.6. The van der Waals surface area contributed by atoms with Crippen molar-refractivity contribution in [1.82, 2.24) is 9.62 Å². The number of nitrogen functional groups attached to an aromatic ring is 1. The third kappa shape index (κ3) is 9.24. The molecule has 11 heteroatoms. The average Bonchev–Trinajstić information content (AvgIpc) is 2.61. The summed E-state index contributed by atoms with van der Waals surface area (Å²) in [6.07, 6.45) is 1.39. The van der Waals surface area contributed by atoms with E-state index in [2.05, 4.69) is 14.7 Å². The Labute approximate surface area is 155 Å². The van der Waals surface area contributed by atoms with Gasteiger partial charge in [0, 0.05) is 14.2 Å². The van der Waals surface area contributed by atoms with E-state index in [9.17, 15) is 12.8 Å². The van der Waals surface area contributed by atoms with E-state index in [1.807, 2.05) is 13.8 Å². The van der Waals surface area contributed by atoms with Crippen molar-refractivity contribution in [3.63, 3.8) is 0 Å². The zero-order chi connectivity index (χ0) is 20.8. The number of anilines is 1. The molecule has 26 heavy (non-hydrogen) atoms. The molecule has 0 aliphatic rings. The predicted molar refractivity (Wildman–Crippen MR) is 102 cm³/mol. The number of nitrogens with two attached hydrogens (primary N) is 1. The van der Waals surface area contributed by atoms with E-state index in [1.165, 1.54) is 32.5 Å². The number of nitrogens with one attached hydrogen (secondary N) is 1. The number of hydrogen-bond donors (Lipinski definition) is 2. The van der Waals surface area contributed by atoms with E-state index in [4.69, 9.17) is 11.0 Å². The van der Waals surface area contributed by atoms with Crippen molar-refractivity contribution in [2.75, 3.05) is 34.0 Å². The monoisotopic (exact) mass is 388 g/mol. The standard InChI is InChI=1S/C11H14BFN4O3S.C2H6O.C2H6/c1-16-11(12-20-7-14)17(2)21(18,19)6-8-5-9(15)3-4-10(8)13;1-3-2;1-2/h3-5,16H,6,15H2,1-2H3;1-2H3;1-2H3. The Balaban J connectivity index is 0. The van der Waals surface area contributed by atoms with Gasteiger partial charge in [0.1, 0.15) is 0 Å². The van der Waals surface area contributed by atoms with Crippen LogP contribution in [0.1, 0.15) is 19.4 Å². The smallest absolute Gasteiger partial charge is 0.0351 e. The zero-order valence-corrected chi connectivity index (χ0v) is 16.7. The molecule has 0 aliphatic carbocycles. The van der Waals surface area contributed by atoms with Crippen LogP contribution in [0.3, 0.4) is 0 Å². The summed E-state index contributed by atoms with van der Waals surface area (Å²) in [6.45, 7) is 4.00. The first-order valence-electron chi connectivity index (χ1n) is 7.56. The van der Waals surface area contributed by atoms with Gasteiger partial charge in [0.25, 0.3) is 0 Å². The number of nitriles is 1. The van der Waals surface area contributed by atoms with Gasteiger partial charge in [-0.3, -0.25) is 0 Å². The van der Waals surface area contributed by atoms with Gasteiger partial charge in [-0.15, -0.1) is 0 Å². The number of nitrogens with zero attached hydrogens (tertiary/aromatic N) is 2. The minimum atomic E-state index is -3.88. The maximum atomic E-state index is 13.6. The molecule has 8 nitrogen and oxygen atoms in total. The van der Waals surface area contributed by atoms with Crippen molar-refractivity contribution in [2.45, 2.75) is 19.6 Å². The maximum Gasteiger partial charge on any atom is 0.0351 e. The van der Waals surface area contributed by atoms with E-state index < -0.39 is 21.6 Å². The molecule has 0 amide bonds. The van der Waals surface area contributed by atoms with Crippen molar-refractivity contribution in [2.24, 2.45) is 0 Å². The minimum Gasteiger partial charge on any atom is -0.388 e. The van der Waals surface area contributed by atoms with Crippen molar-refractivity contribution in [3.05, 3.63) is 29.6 Å². The summed E-state index contributed by atoms with van der Waals surface area (Å²) in [6, 6.07) is 3.71. The molecule has 0 unspecified atom stereocenters. The van der Waals surface area contributed by atoms with Gasteiger partial charge in [-0.1, -0.05) is 13.8 Å². The molecule has 0 heterocycles.